The predicted octanol–water partition coefficient (Wildman–Crippen LogP) is 2.22. The lowest BCUT2D eigenvalue weighted by molar-refractivity contribution is -0.116. The molecule has 1 rings (SSSR count). The molecule has 2 N–H and O–H groups in total. The van der Waals surface area contributed by atoms with Crippen molar-refractivity contribution in [3.05, 3.63) is 29.8 Å². The Bertz CT molecular complexity index is 399. The molecule has 0 saturated carbocycles. The Morgan fingerprint density at radius 1 is 1.11 bits per heavy atom. The minimum Gasteiger partial charge on any atom is -0.326 e. The molecule has 18 heavy (non-hydrogen) atoms. The summed E-state index contributed by atoms with van der Waals surface area (Å²) in [5.74, 6) is 0.0432. The van der Waals surface area contributed by atoms with Crippen molar-refractivity contribution >= 4 is 17.4 Å². The molecule has 0 aliphatic rings. The van der Waals surface area contributed by atoms with Crippen LogP contribution < -0.4 is 10.6 Å². The Kier molecular flexibility index (Phi) is 6.08. The van der Waals surface area contributed by atoms with Crippen molar-refractivity contribution in [2.45, 2.75) is 26.2 Å². The molecule has 0 bridgehead atoms. The summed E-state index contributed by atoms with van der Waals surface area (Å²) in [5.41, 5.74) is 1.39. The van der Waals surface area contributed by atoms with E-state index >= 15 is 0 Å². The Balaban J connectivity index is 2.37. The molecule has 0 radical (unpaired) electrons. The summed E-state index contributed by atoms with van der Waals surface area (Å²) >= 11 is 0. The summed E-state index contributed by atoms with van der Waals surface area (Å²) in [5, 5.41) is 5.86. The van der Waals surface area contributed by atoms with Gasteiger partial charge in [-0.15, -0.1) is 0 Å². The number of hydrogen-bond acceptors (Lipinski definition) is 3. The molecular weight excluding hydrogens is 228 g/mol. The molecule has 0 unspecified atom stereocenters. The van der Waals surface area contributed by atoms with E-state index in [4.69, 9.17) is 0 Å². The number of hydrogen-bond donors (Lipinski definition) is 2. The second-order valence-electron chi connectivity index (χ2n) is 4.24. The van der Waals surface area contributed by atoms with Crippen molar-refractivity contribution in [3.8, 4) is 0 Å². The summed E-state index contributed by atoms with van der Waals surface area (Å²) in [7, 11) is 1.90. The average Bonchev–Trinajstić information content (AvgIpc) is 2.35. The summed E-state index contributed by atoms with van der Waals surface area (Å²) in [6, 6.07) is 6.95. The first kappa shape index (κ1) is 14.4. The number of benzene rings is 1. The van der Waals surface area contributed by atoms with Crippen LogP contribution in [0.15, 0.2) is 24.3 Å². The lowest BCUT2D eigenvalue weighted by Crippen LogP contribution is -2.13. The molecule has 0 aliphatic carbocycles. The van der Waals surface area contributed by atoms with Gasteiger partial charge in [0, 0.05) is 17.7 Å². The van der Waals surface area contributed by atoms with E-state index in [1.807, 2.05) is 7.05 Å². The van der Waals surface area contributed by atoms with Gasteiger partial charge in [0.05, 0.1) is 0 Å². The van der Waals surface area contributed by atoms with E-state index in [0.29, 0.717) is 12.0 Å². The van der Waals surface area contributed by atoms with E-state index in [2.05, 4.69) is 10.6 Å². The lowest BCUT2D eigenvalue weighted by Gasteiger charge is -2.05. The highest BCUT2D eigenvalue weighted by molar-refractivity contribution is 5.95. The van der Waals surface area contributed by atoms with Gasteiger partial charge in [0.25, 0.3) is 0 Å². The molecule has 1 aromatic carbocycles. The Hall–Kier alpha value is -1.68. The van der Waals surface area contributed by atoms with Gasteiger partial charge in [-0.2, -0.15) is 0 Å². The number of anilines is 1. The molecule has 4 nitrogen and oxygen atoms in total. The molecule has 0 fully saturated rings. The molecule has 1 aromatic rings. The minimum atomic E-state index is 0.0154. The topological polar surface area (TPSA) is 58.2 Å². The second kappa shape index (κ2) is 7.61. The van der Waals surface area contributed by atoms with Gasteiger partial charge >= 0.3 is 0 Å². The maximum Gasteiger partial charge on any atom is 0.224 e. The van der Waals surface area contributed by atoms with Crippen LogP contribution in [-0.2, 0) is 4.79 Å². The standard InChI is InChI=1S/C14H20N2O2/c1-11(17)12-6-8-13(9-7-12)16-14(18)5-3-4-10-15-2/h6-9,15H,3-5,10H2,1-2H3,(H,16,18). The summed E-state index contributed by atoms with van der Waals surface area (Å²) < 4.78 is 0. The van der Waals surface area contributed by atoms with Crippen LogP contribution in [0.5, 0.6) is 0 Å². The fourth-order valence-corrected chi connectivity index (χ4v) is 1.60. The van der Waals surface area contributed by atoms with Gasteiger partial charge in [0.2, 0.25) is 5.91 Å². The number of amides is 1. The van der Waals surface area contributed by atoms with Crippen LogP contribution in [0.4, 0.5) is 5.69 Å². The van der Waals surface area contributed by atoms with Crippen LogP contribution in [0, 0.1) is 0 Å². The zero-order chi connectivity index (χ0) is 13.4. The minimum absolute atomic E-state index is 0.0154. The van der Waals surface area contributed by atoms with E-state index in [1.54, 1.807) is 24.3 Å². The van der Waals surface area contributed by atoms with E-state index in [-0.39, 0.29) is 11.7 Å². The van der Waals surface area contributed by atoms with Crippen LogP contribution in [0.2, 0.25) is 0 Å². The van der Waals surface area contributed by atoms with Gasteiger partial charge in [-0.05, 0) is 57.6 Å². The van der Waals surface area contributed by atoms with Gasteiger partial charge in [-0.25, -0.2) is 0 Å². The van der Waals surface area contributed by atoms with E-state index < -0.39 is 0 Å². The Morgan fingerprint density at radius 3 is 2.33 bits per heavy atom. The number of carbonyl (C=O) groups is 2. The van der Waals surface area contributed by atoms with Gasteiger partial charge < -0.3 is 10.6 Å². The monoisotopic (exact) mass is 248 g/mol. The SMILES string of the molecule is CNCCCCC(=O)Nc1ccc(C(C)=O)cc1. The number of unbranched alkanes of at least 4 members (excludes halogenated alkanes) is 1. The largest absolute Gasteiger partial charge is 0.326 e. The quantitative estimate of drug-likeness (QED) is 0.574. The average molecular weight is 248 g/mol. The molecule has 0 aromatic heterocycles. The van der Waals surface area contributed by atoms with Crippen molar-refractivity contribution < 1.29 is 9.59 Å². The molecule has 0 heterocycles. The predicted molar refractivity (Wildman–Crippen MR) is 72.9 cm³/mol. The third kappa shape index (κ3) is 5.10. The number of nitrogens with one attached hydrogen (secondary N) is 2. The van der Waals surface area contributed by atoms with E-state index in [9.17, 15) is 9.59 Å². The Labute approximate surface area is 108 Å². The first-order chi connectivity index (χ1) is 8.63. The molecule has 0 saturated heterocycles. The van der Waals surface area contributed by atoms with Crippen LogP contribution in [0.1, 0.15) is 36.5 Å². The van der Waals surface area contributed by atoms with Crippen molar-refractivity contribution in [2.24, 2.45) is 0 Å². The molecule has 4 heteroatoms. The lowest BCUT2D eigenvalue weighted by atomic mass is 10.1. The molecule has 0 aliphatic heterocycles. The maximum absolute atomic E-state index is 11.6. The molecule has 0 spiro atoms. The molecule has 1 amide bonds. The third-order valence-corrected chi connectivity index (χ3v) is 2.66. The number of ketones is 1. The summed E-state index contributed by atoms with van der Waals surface area (Å²) in [6.07, 6.45) is 2.39. The van der Waals surface area contributed by atoms with Crippen molar-refractivity contribution in [1.82, 2.24) is 5.32 Å². The first-order valence-corrected chi connectivity index (χ1v) is 6.19. The fraction of sp³-hybridized carbons (Fsp3) is 0.429. The van der Waals surface area contributed by atoms with Gasteiger partial charge in [-0.3, -0.25) is 9.59 Å². The van der Waals surface area contributed by atoms with Gasteiger partial charge in [0.1, 0.15) is 0 Å². The fourth-order valence-electron chi connectivity index (χ4n) is 1.60. The van der Waals surface area contributed by atoms with E-state index in [1.165, 1.54) is 6.92 Å². The number of rotatable bonds is 7. The van der Waals surface area contributed by atoms with Crippen LogP contribution in [0.3, 0.4) is 0 Å². The number of carbonyl (C=O) groups excluding carboxylic acids is 2. The smallest absolute Gasteiger partial charge is 0.224 e. The molecule has 0 atom stereocenters. The van der Waals surface area contributed by atoms with Crippen molar-refractivity contribution in [2.75, 3.05) is 18.9 Å². The van der Waals surface area contributed by atoms with E-state index in [0.717, 1.165) is 25.1 Å². The third-order valence-electron chi connectivity index (χ3n) is 2.66. The summed E-state index contributed by atoms with van der Waals surface area (Å²) in [4.78, 5) is 22.7. The zero-order valence-electron chi connectivity index (χ0n) is 11.0. The Morgan fingerprint density at radius 2 is 1.78 bits per heavy atom. The second-order valence-corrected chi connectivity index (χ2v) is 4.24. The zero-order valence-corrected chi connectivity index (χ0v) is 11.0. The van der Waals surface area contributed by atoms with Crippen molar-refractivity contribution in [1.29, 1.82) is 0 Å². The van der Waals surface area contributed by atoms with Crippen LogP contribution in [-0.4, -0.2) is 25.3 Å². The molecular formula is C14H20N2O2. The highest BCUT2D eigenvalue weighted by Gasteiger charge is 2.03. The van der Waals surface area contributed by atoms with Crippen LogP contribution >= 0.6 is 0 Å². The highest BCUT2D eigenvalue weighted by Crippen LogP contribution is 2.10. The number of Topliss-reactive ketones (excluding diaryl/α,β-unsaturated/α-hetero) is 1. The highest BCUT2D eigenvalue weighted by atomic mass is 16.1. The summed E-state index contributed by atoms with van der Waals surface area (Å²) in [6.45, 7) is 2.45. The van der Waals surface area contributed by atoms with Crippen LogP contribution in [0.25, 0.3) is 0 Å². The normalized spacial score (nSPS) is 10.1. The first-order valence-electron chi connectivity index (χ1n) is 6.19. The van der Waals surface area contributed by atoms with Gasteiger partial charge in [0.15, 0.2) is 5.78 Å². The van der Waals surface area contributed by atoms with Gasteiger partial charge in [-0.1, -0.05) is 0 Å². The van der Waals surface area contributed by atoms with Crippen molar-refractivity contribution in [3.63, 3.8) is 0 Å². The molecule has 98 valence electrons. The maximum atomic E-state index is 11.6.